The first kappa shape index (κ1) is 14.6. The lowest BCUT2D eigenvalue weighted by Crippen LogP contribution is -2.38. The Labute approximate surface area is 114 Å². The van der Waals surface area contributed by atoms with Gasteiger partial charge in [0.15, 0.2) is 0 Å². The molecule has 0 aliphatic carbocycles. The van der Waals surface area contributed by atoms with Gasteiger partial charge < -0.3 is 10.2 Å². The molecule has 6 heteroatoms. The second kappa shape index (κ2) is 5.64. The fourth-order valence-electron chi connectivity index (χ4n) is 2.61. The maximum absolute atomic E-state index is 12.7. The van der Waals surface area contributed by atoms with Crippen molar-refractivity contribution in [1.82, 2.24) is 4.31 Å². The summed E-state index contributed by atoms with van der Waals surface area (Å²) >= 11 is 0. The van der Waals surface area contributed by atoms with Crippen molar-refractivity contribution in [2.75, 3.05) is 6.54 Å². The van der Waals surface area contributed by atoms with E-state index >= 15 is 0 Å². The number of hydrogen-bond acceptors (Lipinski definition) is 4. The summed E-state index contributed by atoms with van der Waals surface area (Å²) in [6.07, 6.45) is 4.02. The molecule has 108 valence electrons. The molecule has 1 aromatic heterocycles. The van der Waals surface area contributed by atoms with Crippen molar-refractivity contribution >= 4 is 10.0 Å². The van der Waals surface area contributed by atoms with Gasteiger partial charge in [-0.1, -0.05) is 12.8 Å². The van der Waals surface area contributed by atoms with Gasteiger partial charge in [-0.25, -0.2) is 8.42 Å². The summed E-state index contributed by atoms with van der Waals surface area (Å²) in [4.78, 5) is 0.265. The first-order valence-electron chi connectivity index (χ1n) is 6.78. The van der Waals surface area contributed by atoms with Crippen LogP contribution < -0.4 is 5.73 Å². The molecule has 1 saturated heterocycles. The van der Waals surface area contributed by atoms with E-state index in [1.165, 1.54) is 0 Å². The zero-order chi connectivity index (χ0) is 14.0. The van der Waals surface area contributed by atoms with E-state index < -0.39 is 10.0 Å². The zero-order valence-corrected chi connectivity index (χ0v) is 12.4. The van der Waals surface area contributed by atoms with Gasteiger partial charge in [-0.05, 0) is 26.7 Å². The van der Waals surface area contributed by atoms with Crippen LogP contribution in [0.5, 0.6) is 0 Å². The molecule has 1 aliphatic rings. The third-order valence-corrected chi connectivity index (χ3v) is 5.82. The molecule has 2 rings (SSSR count). The van der Waals surface area contributed by atoms with Crippen molar-refractivity contribution in [2.24, 2.45) is 5.73 Å². The molecule has 2 N–H and O–H groups in total. The normalized spacial score (nSPS) is 22.4. The number of sulfonamides is 1. The van der Waals surface area contributed by atoms with Gasteiger partial charge in [0.2, 0.25) is 10.0 Å². The first-order chi connectivity index (χ1) is 8.96. The van der Waals surface area contributed by atoms with Gasteiger partial charge in [0.1, 0.15) is 16.4 Å². The van der Waals surface area contributed by atoms with E-state index in [0.717, 1.165) is 25.7 Å². The zero-order valence-electron chi connectivity index (χ0n) is 11.6. The van der Waals surface area contributed by atoms with Crippen LogP contribution in [0.3, 0.4) is 0 Å². The second-order valence-corrected chi connectivity index (χ2v) is 7.01. The van der Waals surface area contributed by atoms with Gasteiger partial charge in [-0.2, -0.15) is 4.31 Å². The molecule has 0 bridgehead atoms. The molecule has 2 heterocycles. The highest BCUT2D eigenvalue weighted by Crippen LogP contribution is 2.28. The highest BCUT2D eigenvalue weighted by Gasteiger charge is 2.32. The topological polar surface area (TPSA) is 76.5 Å². The molecule has 1 aliphatic heterocycles. The van der Waals surface area contributed by atoms with Crippen molar-refractivity contribution in [2.45, 2.75) is 57.0 Å². The molecule has 0 amide bonds. The number of aryl methyl sites for hydroxylation is 1. The van der Waals surface area contributed by atoms with Gasteiger partial charge in [0, 0.05) is 18.7 Å². The maximum Gasteiger partial charge on any atom is 0.246 e. The Kier molecular flexibility index (Phi) is 4.32. The van der Waals surface area contributed by atoms with Crippen molar-refractivity contribution in [3.63, 3.8) is 0 Å². The first-order valence-corrected chi connectivity index (χ1v) is 8.22. The van der Waals surface area contributed by atoms with Crippen LogP contribution in [0.25, 0.3) is 0 Å². The minimum Gasteiger partial charge on any atom is -0.464 e. The van der Waals surface area contributed by atoms with Gasteiger partial charge in [0.25, 0.3) is 0 Å². The average Bonchev–Trinajstić information content (AvgIpc) is 2.61. The smallest absolute Gasteiger partial charge is 0.246 e. The molecule has 5 nitrogen and oxygen atoms in total. The SMILES string of the molecule is Cc1oc(CN)cc1S(=O)(=O)N1CCCCCC1C. The summed E-state index contributed by atoms with van der Waals surface area (Å²) in [5.74, 6) is 0.940. The van der Waals surface area contributed by atoms with Crippen LogP contribution in [0, 0.1) is 6.92 Å². The van der Waals surface area contributed by atoms with Crippen molar-refractivity contribution in [1.29, 1.82) is 0 Å². The third kappa shape index (κ3) is 2.85. The largest absolute Gasteiger partial charge is 0.464 e. The van der Waals surface area contributed by atoms with Gasteiger partial charge in [0.05, 0.1) is 6.54 Å². The van der Waals surface area contributed by atoms with E-state index in [1.54, 1.807) is 17.3 Å². The summed E-state index contributed by atoms with van der Waals surface area (Å²) in [5, 5.41) is 0. The fourth-order valence-corrected chi connectivity index (χ4v) is 4.50. The number of nitrogens with zero attached hydrogens (tertiary/aromatic N) is 1. The predicted molar refractivity (Wildman–Crippen MR) is 73.2 cm³/mol. The molecule has 0 saturated carbocycles. The van der Waals surface area contributed by atoms with E-state index in [4.69, 9.17) is 10.2 Å². The van der Waals surface area contributed by atoms with Crippen LogP contribution in [0.15, 0.2) is 15.4 Å². The van der Waals surface area contributed by atoms with Gasteiger partial charge >= 0.3 is 0 Å². The highest BCUT2D eigenvalue weighted by molar-refractivity contribution is 7.89. The highest BCUT2D eigenvalue weighted by atomic mass is 32.2. The summed E-state index contributed by atoms with van der Waals surface area (Å²) in [6.45, 7) is 4.45. The lowest BCUT2D eigenvalue weighted by Gasteiger charge is -2.25. The molecule has 0 spiro atoms. The van der Waals surface area contributed by atoms with E-state index in [1.807, 2.05) is 6.92 Å². The van der Waals surface area contributed by atoms with Crippen LogP contribution in [0.2, 0.25) is 0 Å². The second-order valence-electron chi connectivity index (χ2n) is 5.15. The van der Waals surface area contributed by atoms with Crippen LogP contribution in [-0.2, 0) is 16.6 Å². The number of nitrogens with two attached hydrogens (primary N) is 1. The Hall–Kier alpha value is -0.850. The van der Waals surface area contributed by atoms with Crippen LogP contribution >= 0.6 is 0 Å². The molecule has 1 aromatic rings. The van der Waals surface area contributed by atoms with E-state index in [0.29, 0.717) is 18.1 Å². The van der Waals surface area contributed by atoms with Crippen molar-refractivity contribution in [3.8, 4) is 0 Å². The Bertz CT molecular complexity index is 536. The minimum absolute atomic E-state index is 0.0446. The Morgan fingerprint density at radius 3 is 2.79 bits per heavy atom. The molecule has 0 radical (unpaired) electrons. The van der Waals surface area contributed by atoms with Gasteiger partial charge in [-0.3, -0.25) is 0 Å². The number of rotatable bonds is 3. The van der Waals surface area contributed by atoms with Crippen LogP contribution in [0.4, 0.5) is 0 Å². The molecule has 1 unspecified atom stereocenters. The lowest BCUT2D eigenvalue weighted by atomic mass is 10.1. The molecular weight excluding hydrogens is 264 g/mol. The summed E-state index contributed by atoms with van der Waals surface area (Å²) in [7, 11) is -3.47. The van der Waals surface area contributed by atoms with Crippen LogP contribution in [-0.4, -0.2) is 25.3 Å². The monoisotopic (exact) mass is 286 g/mol. The average molecular weight is 286 g/mol. The quantitative estimate of drug-likeness (QED) is 0.922. The Morgan fingerprint density at radius 2 is 2.16 bits per heavy atom. The number of hydrogen-bond donors (Lipinski definition) is 1. The van der Waals surface area contributed by atoms with Crippen molar-refractivity contribution in [3.05, 3.63) is 17.6 Å². The summed E-state index contributed by atoms with van der Waals surface area (Å²) < 4.78 is 32.4. The molecule has 19 heavy (non-hydrogen) atoms. The van der Waals surface area contributed by atoms with Crippen LogP contribution in [0.1, 0.15) is 44.1 Å². The minimum atomic E-state index is -3.47. The summed E-state index contributed by atoms with van der Waals surface area (Å²) in [5.41, 5.74) is 5.50. The van der Waals surface area contributed by atoms with Crippen molar-refractivity contribution < 1.29 is 12.8 Å². The number of furan rings is 1. The van der Waals surface area contributed by atoms with Gasteiger partial charge in [-0.15, -0.1) is 0 Å². The predicted octanol–water partition coefficient (Wildman–Crippen LogP) is 2.00. The van der Waals surface area contributed by atoms with E-state index in [-0.39, 0.29) is 17.5 Å². The fraction of sp³-hybridized carbons (Fsp3) is 0.692. The molecule has 0 aromatic carbocycles. The van der Waals surface area contributed by atoms with E-state index in [9.17, 15) is 8.42 Å². The van der Waals surface area contributed by atoms with E-state index in [2.05, 4.69) is 0 Å². The Balaban J connectivity index is 2.37. The maximum atomic E-state index is 12.7. The molecule has 1 fully saturated rings. The molecule has 1 atom stereocenters. The third-order valence-electron chi connectivity index (χ3n) is 3.70. The lowest BCUT2D eigenvalue weighted by molar-refractivity contribution is 0.341. The standard InChI is InChI=1S/C13H22N2O3S/c1-10-6-4-3-5-7-15(10)19(16,17)13-8-12(9-14)18-11(13)2/h8,10H,3-7,9,14H2,1-2H3. The molecular formula is C13H22N2O3S. The Morgan fingerprint density at radius 1 is 1.42 bits per heavy atom. The summed E-state index contributed by atoms with van der Waals surface area (Å²) in [6, 6.07) is 1.60.